The first kappa shape index (κ1) is 28.7. The molecule has 0 bridgehead atoms. The van der Waals surface area contributed by atoms with E-state index in [-0.39, 0.29) is 29.8 Å². The van der Waals surface area contributed by atoms with Gasteiger partial charge in [-0.2, -0.15) is 0 Å². The summed E-state index contributed by atoms with van der Waals surface area (Å²) >= 11 is 0. The maximum absolute atomic E-state index is 14.9. The normalized spacial score (nSPS) is 12.6. The molecule has 2 atom stereocenters. The number of carbonyl (C=O) groups excluding carboxylic acids is 1. The SMILES string of the molecule is O=C(C(Cc1ccc(F)cc1F)c1ccc(-n2ccnc2)nc1)C(Cc1ccc(F)cc1F)c1ccc(-n2ccnc2)nc1. The van der Waals surface area contributed by atoms with E-state index in [1.54, 1.807) is 70.8 Å². The Balaban J connectivity index is 1.42. The molecule has 0 amide bonds. The second-order valence-electron chi connectivity index (χ2n) is 10.2. The molecular formula is C33H24F4N6O. The maximum Gasteiger partial charge on any atom is 0.148 e. The highest BCUT2D eigenvalue weighted by Gasteiger charge is 2.32. The molecule has 220 valence electrons. The lowest BCUT2D eigenvalue weighted by Crippen LogP contribution is -2.25. The molecule has 0 saturated carbocycles. The first-order valence-electron chi connectivity index (χ1n) is 13.7. The largest absolute Gasteiger partial charge is 0.298 e. The molecule has 0 aliphatic heterocycles. The molecule has 4 heterocycles. The monoisotopic (exact) mass is 596 g/mol. The fourth-order valence-corrected chi connectivity index (χ4v) is 5.12. The van der Waals surface area contributed by atoms with Crippen LogP contribution in [0.2, 0.25) is 0 Å². The van der Waals surface area contributed by atoms with E-state index in [0.717, 1.165) is 24.3 Å². The number of hydrogen-bond donors (Lipinski definition) is 0. The van der Waals surface area contributed by atoms with Crippen LogP contribution in [0.25, 0.3) is 11.6 Å². The van der Waals surface area contributed by atoms with Gasteiger partial charge in [-0.1, -0.05) is 24.3 Å². The summed E-state index contributed by atoms with van der Waals surface area (Å²) in [6.45, 7) is 0. The number of hydrogen-bond acceptors (Lipinski definition) is 5. The first-order chi connectivity index (χ1) is 21.4. The number of nitrogens with zero attached hydrogens (tertiary/aromatic N) is 6. The molecule has 11 heteroatoms. The van der Waals surface area contributed by atoms with E-state index in [1.165, 1.54) is 24.5 Å². The van der Waals surface area contributed by atoms with Gasteiger partial charge in [0.25, 0.3) is 0 Å². The van der Waals surface area contributed by atoms with Crippen molar-refractivity contribution in [2.75, 3.05) is 0 Å². The fraction of sp³-hybridized carbons (Fsp3) is 0.121. The Morgan fingerprint density at radius 2 is 1.09 bits per heavy atom. The molecule has 7 nitrogen and oxygen atoms in total. The first-order valence-corrected chi connectivity index (χ1v) is 13.7. The Bertz CT molecular complexity index is 1740. The molecule has 0 N–H and O–H groups in total. The second-order valence-corrected chi connectivity index (χ2v) is 10.2. The summed E-state index contributed by atoms with van der Waals surface area (Å²) in [4.78, 5) is 31.6. The topological polar surface area (TPSA) is 78.5 Å². The van der Waals surface area contributed by atoms with Gasteiger partial charge in [-0.3, -0.25) is 13.9 Å². The van der Waals surface area contributed by atoms with E-state index in [4.69, 9.17) is 0 Å². The zero-order valence-electron chi connectivity index (χ0n) is 23.1. The predicted octanol–water partition coefficient (Wildman–Crippen LogP) is 6.33. The molecule has 0 saturated heterocycles. The summed E-state index contributed by atoms with van der Waals surface area (Å²) in [5.74, 6) is -4.25. The molecule has 44 heavy (non-hydrogen) atoms. The van der Waals surface area contributed by atoms with Crippen LogP contribution < -0.4 is 0 Å². The van der Waals surface area contributed by atoms with E-state index >= 15 is 0 Å². The van der Waals surface area contributed by atoms with Crippen molar-refractivity contribution in [3.8, 4) is 11.6 Å². The number of carbonyl (C=O) groups is 1. The van der Waals surface area contributed by atoms with Crippen LogP contribution in [0.4, 0.5) is 17.6 Å². The zero-order chi connectivity index (χ0) is 30.6. The number of Topliss-reactive ketones (excluding diaryl/α,β-unsaturated/α-hetero) is 1. The van der Waals surface area contributed by atoms with Gasteiger partial charge < -0.3 is 0 Å². The highest BCUT2D eigenvalue weighted by atomic mass is 19.1. The van der Waals surface area contributed by atoms with Crippen LogP contribution in [-0.2, 0) is 17.6 Å². The van der Waals surface area contributed by atoms with Gasteiger partial charge >= 0.3 is 0 Å². The smallest absolute Gasteiger partial charge is 0.148 e. The Labute approximate surface area is 249 Å². The molecule has 6 aromatic rings. The number of benzene rings is 2. The number of ketones is 1. The van der Waals surface area contributed by atoms with Gasteiger partial charge in [0.1, 0.15) is 53.3 Å². The van der Waals surface area contributed by atoms with Crippen molar-refractivity contribution in [2.24, 2.45) is 0 Å². The highest BCUT2D eigenvalue weighted by molar-refractivity contribution is 5.92. The van der Waals surface area contributed by atoms with Crippen molar-refractivity contribution in [2.45, 2.75) is 24.7 Å². The fourth-order valence-electron chi connectivity index (χ4n) is 5.12. The lowest BCUT2D eigenvalue weighted by molar-refractivity contribution is -0.122. The third-order valence-corrected chi connectivity index (χ3v) is 7.45. The highest BCUT2D eigenvalue weighted by Crippen LogP contribution is 2.33. The second kappa shape index (κ2) is 12.4. The summed E-state index contributed by atoms with van der Waals surface area (Å²) < 4.78 is 60.7. The summed E-state index contributed by atoms with van der Waals surface area (Å²) in [6.07, 6.45) is 12.6. The molecule has 0 spiro atoms. The average Bonchev–Trinajstić information content (AvgIpc) is 3.76. The molecule has 0 radical (unpaired) electrons. The lowest BCUT2D eigenvalue weighted by atomic mass is 9.78. The third-order valence-electron chi connectivity index (χ3n) is 7.45. The molecular weight excluding hydrogens is 572 g/mol. The van der Waals surface area contributed by atoms with Crippen LogP contribution in [0.3, 0.4) is 0 Å². The van der Waals surface area contributed by atoms with Crippen molar-refractivity contribution < 1.29 is 22.4 Å². The molecule has 0 fully saturated rings. The Morgan fingerprint density at radius 1 is 0.636 bits per heavy atom. The van der Waals surface area contributed by atoms with Gasteiger partial charge in [0, 0.05) is 61.1 Å². The van der Waals surface area contributed by atoms with Crippen molar-refractivity contribution in [3.05, 3.63) is 156 Å². The predicted molar refractivity (Wildman–Crippen MR) is 153 cm³/mol. The van der Waals surface area contributed by atoms with E-state index in [2.05, 4.69) is 19.9 Å². The van der Waals surface area contributed by atoms with E-state index in [1.807, 2.05) is 0 Å². The Morgan fingerprint density at radius 3 is 1.43 bits per heavy atom. The third kappa shape index (κ3) is 6.17. The van der Waals surface area contributed by atoms with Crippen LogP contribution in [0.15, 0.2) is 110 Å². The van der Waals surface area contributed by atoms with Crippen LogP contribution in [0.5, 0.6) is 0 Å². The zero-order valence-corrected chi connectivity index (χ0v) is 23.1. The minimum absolute atomic E-state index is 0.111. The molecule has 2 unspecified atom stereocenters. The van der Waals surface area contributed by atoms with E-state index in [9.17, 15) is 22.4 Å². The van der Waals surface area contributed by atoms with Crippen LogP contribution in [-0.4, -0.2) is 34.9 Å². The van der Waals surface area contributed by atoms with E-state index < -0.39 is 35.1 Å². The summed E-state index contributed by atoms with van der Waals surface area (Å²) in [6, 6.07) is 13.2. The number of pyridine rings is 2. The van der Waals surface area contributed by atoms with Gasteiger partial charge in [-0.05, 0) is 59.4 Å². The van der Waals surface area contributed by atoms with Crippen LogP contribution >= 0.6 is 0 Å². The summed E-state index contributed by atoms with van der Waals surface area (Å²) in [5.41, 5.74) is 1.22. The number of halogens is 4. The van der Waals surface area contributed by atoms with Gasteiger partial charge in [0.05, 0.1) is 0 Å². The summed E-state index contributed by atoms with van der Waals surface area (Å²) in [7, 11) is 0. The Hall–Kier alpha value is -5.45. The quantitative estimate of drug-likeness (QED) is 0.173. The van der Waals surface area contributed by atoms with Gasteiger partial charge in [0.2, 0.25) is 0 Å². The van der Waals surface area contributed by atoms with Crippen molar-refractivity contribution >= 4 is 5.78 Å². The number of imidazole rings is 2. The lowest BCUT2D eigenvalue weighted by Gasteiger charge is -2.24. The molecule has 4 aromatic heterocycles. The van der Waals surface area contributed by atoms with E-state index in [0.29, 0.717) is 22.8 Å². The molecule has 6 rings (SSSR count). The molecule has 0 aliphatic rings. The standard InChI is InChI=1S/C33H24F4N6O/c34-25-5-1-21(29(36)15-25)13-27(23-3-7-31(40-17-23)42-11-9-38-19-42)33(44)28(14-22-2-6-26(35)16-30(22)37)24-4-8-32(41-18-24)43-12-10-39-20-43/h1-12,15-20,27-28H,13-14H2. The van der Waals surface area contributed by atoms with Crippen LogP contribution in [0, 0.1) is 23.3 Å². The van der Waals surface area contributed by atoms with Crippen molar-refractivity contribution in [1.29, 1.82) is 0 Å². The minimum atomic E-state index is -0.957. The van der Waals surface area contributed by atoms with Crippen LogP contribution in [0.1, 0.15) is 34.1 Å². The van der Waals surface area contributed by atoms with Crippen molar-refractivity contribution in [3.63, 3.8) is 0 Å². The average molecular weight is 597 g/mol. The number of aromatic nitrogens is 6. The molecule has 0 aliphatic carbocycles. The Kier molecular flexibility index (Phi) is 8.09. The minimum Gasteiger partial charge on any atom is -0.298 e. The van der Waals surface area contributed by atoms with Gasteiger partial charge in [-0.15, -0.1) is 0 Å². The summed E-state index contributed by atoms with van der Waals surface area (Å²) in [5, 5.41) is 0. The maximum atomic E-state index is 14.9. The van der Waals surface area contributed by atoms with Crippen molar-refractivity contribution in [1.82, 2.24) is 29.1 Å². The molecule has 2 aromatic carbocycles. The van der Waals surface area contributed by atoms with Gasteiger partial charge in [-0.25, -0.2) is 37.5 Å². The van der Waals surface area contributed by atoms with Gasteiger partial charge in [0.15, 0.2) is 0 Å². The number of rotatable bonds is 10.